The van der Waals surface area contributed by atoms with Crippen LogP contribution in [0, 0.1) is 0 Å². The molecule has 0 radical (unpaired) electrons. The third-order valence-corrected chi connectivity index (χ3v) is 6.36. The van der Waals surface area contributed by atoms with Crippen LogP contribution < -0.4 is 21.3 Å². The zero-order valence-corrected chi connectivity index (χ0v) is 20.6. The summed E-state index contributed by atoms with van der Waals surface area (Å²) in [5.41, 5.74) is 5.85. The molecule has 1 aromatic carbocycles. The van der Waals surface area contributed by atoms with Crippen molar-refractivity contribution in [3.63, 3.8) is 0 Å². The van der Waals surface area contributed by atoms with Crippen molar-refractivity contribution in [1.82, 2.24) is 25.1 Å². The Labute approximate surface area is 215 Å². The number of hydrogen-bond donors (Lipinski definition) is 4. The highest BCUT2D eigenvalue weighted by molar-refractivity contribution is 5.96. The van der Waals surface area contributed by atoms with Crippen LogP contribution in [0.2, 0.25) is 0 Å². The molecule has 3 aromatic rings. The lowest BCUT2D eigenvalue weighted by Gasteiger charge is -2.40. The molecule has 1 aliphatic heterocycles. The van der Waals surface area contributed by atoms with Gasteiger partial charge in [-0.3, -0.25) is 14.3 Å². The van der Waals surface area contributed by atoms with Crippen LogP contribution in [0.1, 0.15) is 52.3 Å². The van der Waals surface area contributed by atoms with Crippen LogP contribution >= 0.6 is 0 Å². The van der Waals surface area contributed by atoms with E-state index in [0.717, 1.165) is 18.6 Å². The third-order valence-electron chi connectivity index (χ3n) is 6.36. The largest absolute Gasteiger partial charge is 0.418 e. The van der Waals surface area contributed by atoms with E-state index >= 15 is 0 Å². The van der Waals surface area contributed by atoms with Gasteiger partial charge in [0.25, 0.3) is 11.8 Å². The van der Waals surface area contributed by atoms with Crippen LogP contribution in [0.15, 0.2) is 42.9 Å². The van der Waals surface area contributed by atoms with Crippen molar-refractivity contribution in [1.29, 1.82) is 0 Å². The minimum atomic E-state index is -4.79. The minimum absolute atomic E-state index is 0.0359. The van der Waals surface area contributed by atoms with Gasteiger partial charge in [-0.2, -0.15) is 18.3 Å². The second-order valence-electron chi connectivity index (χ2n) is 9.04. The molecule has 0 spiro atoms. The second-order valence-corrected chi connectivity index (χ2v) is 9.04. The fourth-order valence-electron chi connectivity index (χ4n) is 4.33. The molecule has 5 N–H and O–H groups in total. The highest BCUT2D eigenvalue weighted by atomic mass is 19.4. The molecule has 3 atom stereocenters. The van der Waals surface area contributed by atoms with Crippen LogP contribution in [-0.4, -0.2) is 61.5 Å². The van der Waals surface area contributed by atoms with Gasteiger partial charge in [-0.25, -0.2) is 9.97 Å². The first-order chi connectivity index (χ1) is 17.9. The summed E-state index contributed by atoms with van der Waals surface area (Å²) in [6.45, 7) is 2.53. The zero-order valence-electron chi connectivity index (χ0n) is 20.6. The number of amides is 2. The molecule has 4 rings (SSSR count). The third kappa shape index (κ3) is 5.85. The van der Waals surface area contributed by atoms with Gasteiger partial charge in [0.15, 0.2) is 17.6 Å². The van der Waals surface area contributed by atoms with Crippen molar-refractivity contribution in [2.45, 2.75) is 44.1 Å². The van der Waals surface area contributed by atoms with Crippen molar-refractivity contribution in [3.05, 3.63) is 59.7 Å². The number of alkyl halides is 3. The van der Waals surface area contributed by atoms with Crippen molar-refractivity contribution in [3.8, 4) is 0 Å². The van der Waals surface area contributed by atoms with E-state index in [0.29, 0.717) is 24.5 Å². The standard InChI is InChI=1S/C24H27F3N8O3/c1-13-17(32-23(38)15-7-5-14(6-8-15)20(36)24(25,26)27)4-3-9-35(13)18-11-29-19(21(28)37)22(33-18)31-16-10-30-34(2)12-16/h5-8,10-13,17,20,36H,3-4,9H2,1-2H3,(H2,28,37)(H,31,33)(H,32,38)/t13-,17-,20-/m1/s1. The summed E-state index contributed by atoms with van der Waals surface area (Å²) in [7, 11) is 1.74. The number of aliphatic hydroxyl groups is 1. The summed E-state index contributed by atoms with van der Waals surface area (Å²) < 4.78 is 39.8. The van der Waals surface area contributed by atoms with Crippen LogP contribution in [0.3, 0.4) is 0 Å². The molecule has 0 bridgehead atoms. The van der Waals surface area contributed by atoms with Crippen LogP contribution in [0.25, 0.3) is 0 Å². The Hall–Kier alpha value is -4.20. The molecule has 0 saturated carbocycles. The number of aliphatic hydroxyl groups excluding tert-OH is 1. The van der Waals surface area contributed by atoms with Crippen LogP contribution in [0.5, 0.6) is 0 Å². The monoisotopic (exact) mass is 532 g/mol. The fourth-order valence-corrected chi connectivity index (χ4v) is 4.33. The number of nitrogens with one attached hydrogen (secondary N) is 2. The molecule has 202 valence electrons. The summed E-state index contributed by atoms with van der Waals surface area (Å²) in [5, 5.41) is 19.4. The maximum absolute atomic E-state index is 12.8. The Morgan fingerprint density at radius 1 is 1.21 bits per heavy atom. The summed E-state index contributed by atoms with van der Waals surface area (Å²) in [6.07, 6.45) is -1.32. The molecule has 2 amide bonds. The maximum atomic E-state index is 12.8. The first-order valence-electron chi connectivity index (χ1n) is 11.8. The average Bonchev–Trinajstić information content (AvgIpc) is 3.28. The number of aromatic nitrogens is 4. The second kappa shape index (κ2) is 10.7. The smallest absolute Gasteiger partial charge is 0.379 e. The molecule has 1 aliphatic rings. The number of carbonyl (C=O) groups excluding carboxylic acids is 2. The van der Waals surface area contributed by atoms with Crippen molar-refractivity contribution < 1.29 is 27.9 Å². The molecular formula is C24H27F3N8O3. The van der Waals surface area contributed by atoms with Crippen molar-refractivity contribution in [2.24, 2.45) is 12.8 Å². The van der Waals surface area contributed by atoms with Gasteiger partial charge < -0.3 is 26.4 Å². The van der Waals surface area contributed by atoms with E-state index in [-0.39, 0.29) is 34.7 Å². The van der Waals surface area contributed by atoms with Gasteiger partial charge in [0, 0.05) is 37.4 Å². The number of nitrogens with zero attached hydrogens (tertiary/aromatic N) is 5. The maximum Gasteiger partial charge on any atom is 0.418 e. The first kappa shape index (κ1) is 26.9. The molecule has 3 heterocycles. The summed E-state index contributed by atoms with van der Waals surface area (Å²) in [4.78, 5) is 35.5. The summed E-state index contributed by atoms with van der Waals surface area (Å²) in [5.74, 6) is -0.562. The number of anilines is 3. The molecule has 1 fully saturated rings. The number of primary amides is 1. The van der Waals surface area contributed by atoms with Crippen LogP contribution in [-0.2, 0) is 7.05 Å². The van der Waals surface area contributed by atoms with E-state index < -0.39 is 24.1 Å². The van der Waals surface area contributed by atoms with Gasteiger partial charge in [-0.1, -0.05) is 12.1 Å². The van der Waals surface area contributed by atoms with Gasteiger partial charge >= 0.3 is 6.18 Å². The van der Waals surface area contributed by atoms with Gasteiger partial charge in [-0.05, 0) is 37.5 Å². The highest BCUT2D eigenvalue weighted by Gasteiger charge is 2.39. The van der Waals surface area contributed by atoms with E-state index in [9.17, 15) is 27.9 Å². The molecule has 14 heteroatoms. The lowest BCUT2D eigenvalue weighted by atomic mass is 9.96. The van der Waals surface area contributed by atoms with E-state index in [4.69, 9.17) is 5.73 Å². The fraction of sp³-hybridized carbons (Fsp3) is 0.375. The van der Waals surface area contributed by atoms with Crippen molar-refractivity contribution >= 4 is 29.1 Å². The van der Waals surface area contributed by atoms with E-state index in [2.05, 4.69) is 25.7 Å². The number of benzene rings is 1. The predicted octanol–water partition coefficient (Wildman–Crippen LogP) is 2.44. The SMILES string of the molecule is C[C@@H]1[C@H](NC(=O)c2ccc([C@@H](O)C(F)(F)F)cc2)CCCN1c1cnc(C(N)=O)c(Nc2cnn(C)c2)n1. The minimum Gasteiger partial charge on any atom is -0.379 e. The number of rotatable bonds is 7. The first-order valence-corrected chi connectivity index (χ1v) is 11.8. The Balaban J connectivity index is 1.49. The number of nitrogens with two attached hydrogens (primary N) is 1. The van der Waals surface area contributed by atoms with Gasteiger partial charge in [0.2, 0.25) is 0 Å². The van der Waals surface area contributed by atoms with E-state index in [1.165, 1.54) is 18.3 Å². The predicted molar refractivity (Wildman–Crippen MR) is 132 cm³/mol. The number of halogens is 3. The zero-order chi connectivity index (χ0) is 27.6. The topological polar surface area (TPSA) is 151 Å². The molecule has 0 aliphatic carbocycles. The lowest BCUT2D eigenvalue weighted by Crippen LogP contribution is -2.54. The molecule has 11 nitrogen and oxygen atoms in total. The number of hydrogen-bond acceptors (Lipinski definition) is 8. The highest BCUT2D eigenvalue weighted by Crippen LogP contribution is 2.32. The number of piperidine rings is 1. The van der Waals surface area contributed by atoms with E-state index in [1.807, 2.05) is 11.8 Å². The Kier molecular flexibility index (Phi) is 7.53. The quantitative estimate of drug-likeness (QED) is 0.362. The Morgan fingerprint density at radius 3 is 2.53 bits per heavy atom. The van der Waals surface area contributed by atoms with Crippen LogP contribution in [0.4, 0.5) is 30.5 Å². The number of carbonyl (C=O) groups is 2. The molecule has 2 aromatic heterocycles. The summed E-state index contributed by atoms with van der Waals surface area (Å²) in [6, 6.07) is 4.13. The van der Waals surface area contributed by atoms with Gasteiger partial charge in [-0.15, -0.1) is 0 Å². The van der Waals surface area contributed by atoms with Gasteiger partial charge in [0.05, 0.1) is 18.1 Å². The molecular weight excluding hydrogens is 505 g/mol. The summed E-state index contributed by atoms with van der Waals surface area (Å²) >= 11 is 0. The molecule has 38 heavy (non-hydrogen) atoms. The normalized spacial score (nSPS) is 18.6. The average molecular weight is 533 g/mol. The molecule has 0 unspecified atom stereocenters. The molecule has 1 saturated heterocycles. The van der Waals surface area contributed by atoms with E-state index in [1.54, 1.807) is 24.1 Å². The Morgan fingerprint density at radius 2 is 1.92 bits per heavy atom. The van der Waals surface area contributed by atoms with Gasteiger partial charge in [0.1, 0.15) is 5.82 Å². The Bertz CT molecular complexity index is 1310. The number of aryl methyl sites for hydroxylation is 1. The lowest BCUT2D eigenvalue weighted by molar-refractivity contribution is -0.206. The van der Waals surface area contributed by atoms with Crippen molar-refractivity contribution in [2.75, 3.05) is 16.8 Å².